The van der Waals surface area contributed by atoms with Crippen LogP contribution in [0.2, 0.25) is 0 Å². The van der Waals surface area contributed by atoms with Crippen LogP contribution in [-0.2, 0) is 17.8 Å². The van der Waals surface area contributed by atoms with Gasteiger partial charge < -0.3 is 4.57 Å². The van der Waals surface area contributed by atoms with Crippen LogP contribution in [0.4, 0.5) is 4.39 Å². The molecule has 0 atom stereocenters. The van der Waals surface area contributed by atoms with Gasteiger partial charge in [0, 0.05) is 22.7 Å². The number of carbonyl (C=O) groups is 1. The minimum Gasteiger partial charge on any atom is -0.307 e. The summed E-state index contributed by atoms with van der Waals surface area (Å²) in [6.45, 7) is 1.62. The van der Waals surface area contributed by atoms with Crippen LogP contribution in [0.1, 0.15) is 11.1 Å². The van der Waals surface area contributed by atoms with E-state index in [9.17, 15) is 14.0 Å². The molecular formula is C15H13BrFNO2. The molecule has 0 radical (unpaired) electrons. The third-order valence-corrected chi connectivity index (χ3v) is 3.36. The Morgan fingerprint density at radius 1 is 1.35 bits per heavy atom. The van der Waals surface area contributed by atoms with Gasteiger partial charge in [-0.05, 0) is 40.5 Å². The zero-order valence-electron chi connectivity index (χ0n) is 10.9. The van der Waals surface area contributed by atoms with Crippen LogP contribution in [0.15, 0.2) is 45.8 Å². The molecule has 1 heterocycles. The molecule has 0 saturated heterocycles. The minimum absolute atomic E-state index is 0.0231. The fraction of sp³-hybridized carbons (Fsp3) is 0.200. The maximum Gasteiger partial charge on any atom is 0.253 e. The van der Waals surface area contributed by atoms with Crippen molar-refractivity contribution in [3.63, 3.8) is 0 Å². The number of hydrogen-bond acceptors (Lipinski definition) is 2. The predicted molar refractivity (Wildman–Crippen MR) is 78.3 cm³/mol. The number of Topliss-reactive ketones (excluding diaryl/α,β-unsaturated/α-hetero) is 1. The number of hydrogen-bond donors (Lipinski definition) is 0. The van der Waals surface area contributed by atoms with Gasteiger partial charge in [-0.25, -0.2) is 4.39 Å². The van der Waals surface area contributed by atoms with Crippen molar-refractivity contribution < 1.29 is 9.18 Å². The summed E-state index contributed by atoms with van der Waals surface area (Å²) in [4.78, 5) is 23.9. The Bertz CT molecular complexity index is 709. The van der Waals surface area contributed by atoms with Crippen LogP contribution >= 0.6 is 15.9 Å². The van der Waals surface area contributed by atoms with E-state index in [0.29, 0.717) is 11.1 Å². The quantitative estimate of drug-likeness (QED) is 0.860. The second kappa shape index (κ2) is 6.13. The Balaban J connectivity index is 2.17. The molecule has 0 aliphatic heterocycles. The van der Waals surface area contributed by atoms with E-state index in [1.807, 2.05) is 0 Å². The van der Waals surface area contributed by atoms with Crippen LogP contribution in [0.5, 0.6) is 0 Å². The highest BCUT2D eigenvalue weighted by Gasteiger charge is 2.10. The number of aromatic nitrogens is 1. The Morgan fingerprint density at radius 3 is 2.75 bits per heavy atom. The van der Waals surface area contributed by atoms with Gasteiger partial charge in [-0.3, -0.25) is 9.59 Å². The molecule has 0 bridgehead atoms. The van der Waals surface area contributed by atoms with Crippen molar-refractivity contribution in [2.24, 2.45) is 0 Å². The van der Waals surface area contributed by atoms with E-state index in [0.717, 1.165) is 4.47 Å². The molecule has 20 heavy (non-hydrogen) atoms. The molecule has 5 heteroatoms. The lowest BCUT2D eigenvalue weighted by molar-refractivity contribution is -0.119. The molecule has 0 saturated carbocycles. The standard InChI is InChI=1S/C15H13BrFNO2/c1-10-6-12(16)8-18(15(10)20)9-13(19)7-11-4-2-3-5-14(11)17/h2-6,8H,7,9H2,1H3. The van der Waals surface area contributed by atoms with Crippen molar-refractivity contribution in [3.8, 4) is 0 Å². The van der Waals surface area contributed by atoms with E-state index < -0.39 is 5.82 Å². The number of ketones is 1. The van der Waals surface area contributed by atoms with Crippen LogP contribution in [0, 0.1) is 12.7 Å². The first kappa shape index (κ1) is 14.7. The maximum absolute atomic E-state index is 13.5. The molecule has 104 valence electrons. The summed E-state index contributed by atoms with van der Waals surface area (Å²) in [5, 5.41) is 0. The van der Waals surface area contributed by atoms with Crippen LogP contribution in [0.3, 0.4) is 0 Å². The zero-order chi connectivity index (χ0) is 14.7. The highest BCUT2D eigenvalue weighted by atomic mass is 79.9. The topological polar surface area (TPSA) is 39.1 Å². The van der Waals surface area contributed by atoms with Gasteiger partial charge in [0.2, 0.25) is 0 Å². The second-order valence-corrected chi connectivity index (χ2v) is 5.50. The normalized spacial score (nSPS) is 10.6. The van der Waals surface area contributed by atoms with Crippen molar-refractivity contribution in [2.45, 2.75) is 19.9 Å². The van der Waals surface area contributed by atoms with Gasteiger partial charge in [-0.2, -0.15) is 0 Å². The molecule has 2 rings (SSSR count). The van der Waals surface area contributed by atoms with E-state index in [1.165, 1.54) is 10.6 Å². The molecule has 0 N–H and O–H groups in total. The fourth-order valence-corrected chi connectivity index (χ4v) is 2.55. The lowest BCUT2D eigenvalue weighted by Crippen LogP contribution is -2.26. The Kier molecular flexibility index (Phi) is 4.49. The Hall–Kier alpha value is -1.75. The predicted octanol–water partition coefficient (Wildman–Crippen LogP) is 2.87. The number of benzene rings is 1. The first-order valence-corrected chi connectivity index (χ1v) is 6.88. The maximum atomic E-state index is 13.5. The molecule has 3 nitrogen and oxygen atoms in total. The first-order valence-electron chi connectivity index (χ1n) is 6.09. The number of rotatable bonds is 4. The highest BCUT2D eigenvalue weighted by molar-refractivity contribution is 9.10. The lowest BCUT2D eigenvalue weighted by Gasteiger charge is -2.07. The van der Waals surface area contributed by atoms with E-state index >= 15 is 0 Å². The molecule has 0 aliphatic carbocycles. The van der Waals surface area contributed by atoms with Gasteiger partial charge in [0.15, 0.2) is 5.78 Å². The highest BCUT2D eigenvalue weighted by Crippen LogP contribution is 2.10. The summed E-state index contributed by atoms with van der Waals surface area (Å²) >= 11 is 3.28. The van der Waals surface area contributed by atoms with E-state index in [2.05, 4.69) is 15.9 Å². The third kappa shape index (κ3) is 3.42. The third-order valence-electron chi connectivity index (χ3n) is 2.92. The van der Waals surface area contributed by atoms with Crippen molar-refractivity contribution in [1.82, 2.24) is 4.57 Å². The van der Waals surface area contributed by atoms with Crippen molar-refractivity contribution >= 4 is 21.7 Å². The molecule has 0 fully saturated rings. The Morgan fingerprint density at radius 2 is 2.05 bits per heavy atom. The summed E-state index contributed by atoms with van der Waals surface area (Å²) in [6, 6.07) is 7.84. The van der Waals surface area contributed by atoms with Crippen LogP contribution in [0.25, 0.3) is 0 Å². The molecule has 1 aromatic carbocycles. The van der Waals surface area contributed by atoms with Gasteiger partial charge in [-0.1, -0.05) is 18.2 Å². The molecule has 0 unspecified atom stereocenters. The van der Waals surface area contributed by atoms with Crippen molar-refractivity contribution in [2.75, 3.05) is 0 Å². The second-order valence-electron chi connectivity index (χ2n) is 4.58. The summed E-state index contributed by atoms with van der Waals surface area (Å²) in [5.74, 6) is -0.617. The van der Waals surface area contributed by atoms with E-state index in [4.69, 9.17) is 0 Å². The van der Waals surface area contributed by atoms with Gasteiger partial charge >= 0.3 is 0 Å². The molecular weight excluding hydrogens is 325 g/mol. The van der Waals surface area contributed by atoms with Gasteiger partial charge in [0.05, 0.1) is 6.54 Å². The average molecular weight is 338 g/mol. The molecule has 0 spiro atoms. The summed E-state index contributed by atoms with van der Waals surface area (Å²) in [6.07, 6.45) is 1.54. The molecule has 0 amide bonds. The first-order chi connectivity index (χ1) is 9.47. The number of carbonyl (C=O) groups excluding carboxylic acids is 1. The van der Waals surface area contributed by atoms with E-state index in [1.54, 1.807) is 37.4 Å². The van der Waals surface area contributed by atoms with Crippen LogP contribution < -0.4 is 5.56 Å². The smallest absolute Gasteiger partial charge is 0.253 e. The lowest BCUT2D eigenvalue weighted by atomic mass is 10.1. The minimum atomic E-state index is -0.404. The summed E-state index contributed by atoms with van der Waals surface area (Å²) in [5.41, 5.74) is 0.686. The van der Waals surface area contributed by atoms with Crippen molar-refractivity contribution in [3.05, 3.63) is 68.3 Å². The molecule has 2 aromatic rings. The zero-order valence-corrected chi connectivity index (χ0v) is 12.5. The SMILES string of the molecule is Cc1cc(Br)cn(CC(=O)Cc2ccccc2F)c1=O. The van der Waals surface area contributed by atoms with Crippen molar-refractivity contribution in [1.29, 1.82) is 0 Å². The molecule has 1 aromatic heterocycles. The monoisotopic (exact) mass is 337 g/mol. The largest absolute Gasteiger partial charge is 0.307 e. The fourth-order valence-electron chi connectivity index (χ4n) is 1.96. The van der Waals surface area contributed by atoms with Gasteiger partial charge in [-0.15, -0.1) is 0 Å². The summed E-state index contributed by atoms with van der Waals surface area (Å²) in [7, 11) is 0. The Labute approximate surface area is 124 Å². The number of nitrogens with zero attached hydrogens (tertiary/aromatic N) is 1. The summed E-state index contributed by atoms with van der Waals surface area (Å²) < 4.78 is 15.5. The number of pyridine rings is 1. The van der Waals surface area contributed by atoms with E-state index in [-0.39, 0.29) is 24.3 Å². The van der Waals surface area contributed by atoms with Crippen LogP contribution in [-0.4, -0.2) is 10.4 Å². The van der Waals surface area contributed by atoms with Gasteiger partial charge in [0.1, 0.15) is 5.82 Å². The van der Waals surface area contributed by atoms with Gasteiger partial charge in [0.25, 0.3) is 5.56 Å². The molecule has 0 aliphatic rings. The number of halogens is 2. The number of aryl methyl sites for hydroxylation is 1. The average Bonchev–Trinajstić information content (AvgIpc) is 2.38.